The molecule has 0 fully saturated rings. The molecule has 0 unspecified atom stereocenters. The predicted molar refractivity (Wildman–Crippen MR) is 97.6 cm³/mol. The highest BCUT2D eigenvalue weighted by molar-refractivity contribution is 6.00. The van der Waals surface area contributed by atoms with Crippen LogP contribution in [0.15, 0.2) is 42.7 Å². The van der Waals surface area contributed by atoms with E-state index in [9.17, 15) is 10.2 Å². The summed E-state index contributed by atoms with van der Waals surface area (Å²) >= 11 is 0. The van der Waals surface area contributed by atoms with Crippen molar-refractivity contribution in [2.45, 2.75) is 0 Å². The van der Waals surface area contributed by atoms with Crippen LogP contribution in [-0.4, -0.2) is 31.5 Å². The highest BCUT2D eigenvalue weighted by Crippen LogP contribution is 2.42. The van der Waals surface area contributed by atoms with E-state index in [2.05, 4.69) is 0 Å². The number of fused-ring (bicyclic) bond motifs is 4. The fraction of sp³-hybridized carbons (Fsp3) is 0.150. The molecule has 26 heavy (non-hydrogen) atoms. The Morgan fingerprint density at radius 2 is 1.54 bits per heavy atom. The van der Waals surface area contributed by atoms with Crippen LogP contribution >= 0.6 is 0 Å². The van der Waals surface area contributed by atoms with Gasteiger partial charge in [0, 0.05) is 17.5 Å². The number of ether oxygens (including phenoxy) is 3. The van der Waals surface area contributed by atoms with Crippen molar-refractivity contribution in [2.24, 2.45) is 0 Å². The second kappa shape index (κ2) is 5.84. The lowest BCUT2D eigenvalue weighted by Gasteiger charge is -2.11. The van der Waals surface area contributed by atoms with Gasteiger partial charge in [-0.25, -0.2) is 0 Å². The van der Waals surface area contributed by atoms with E-state index in [-0.39, 0.29) is 11.5 Å². The number of phenolic OH excluding ortho intramolecular Hbond substituents is 2. The first kappa shape index (κ1) is 16.1. The van der Waals surface area contributed by atoms with Gasteiger partial charge in [-0.3, -0.25) is 0 Å². The third kappa shape index (κ3) is 2.23. The predicted octanol–water partition coefficient (Wildman–Crippen LogP) is 3.17. The van der Waals surface area contributed by atoms with Gasteiger partial charge in [-0.2, -0.15) is 4.40 Å². The number of pyridine rings is 2. The normalized spacial score (nSPS) is 11.2. The van der Waals surface area contributed by atoms with Gasteiger partial charge in [0.25, 0.3) is 0 Å². The van der Waals surface area contributed by atoms with Crippen molar-refractivity contribution in [3.05, 3.63) is 42.7 Å². The van der Waals surface area contributed by atoms with Gasteiger partial charge < -0.3 is 24.4 Å². The van der Waals surface area contributed by atoms with Crippen LogP contribution in [0.25, 0.3) is 27.1 Å². The summed E-state index contributed by atoms with van der Waals surface area (Å²) in [4.78, 5) is 0. The number of nitrogens with zero attached hydrogens (tertiary/aromatic N) is 1. The molecule has 0 radical (unpaired) electrons. The molecule has 0 spiro atoms. The monoisotopic (exact) mass is 352 g/mol. The van der Waals surface area contributed by atoms with E-state index < -0.39 is 0 Å². The van der Waals surface area contributed by atoms with Gasteiger partial charge >= 0.3 is 0 Å². The van der Waals surface area contributed by atoms with Crippen LogP contribution in [0.3, 0.4) is 0 Å². The standard InChI is InChI=1S/C20H17NO5/c1-24-17-7-11-4-5-21-10-14-12(6-15(21)13(11)9-16(17)22)8-18(25-2)20(26-3)19(14)23/h4-10,22H,1-3H3/p+1. The molecule has 6 heteroatoms. The van der Waals surface area contributed by atoms with Crippen LogP contribution in [0.2, 0.25) is 0 Å². The van der Waals surface area contributed by atoms with E-state index in [0.717, 1.165) is 21.7 Å². The Morgan fingerprint density at radius 1 is 0.808 bits per heavy atom. The summed E-state index contributed by atoms with van der Waals surface area (Å²) in [5.41, 5.74) is 0.875. The fourth-order valence-electron chi connectivity index (χ4n) is 3.30. The number of hydrogen-bond acceptors (Lipinski definition) is 5. The second-order valence-electron chi connectivity index (χ2n) is 5.96. The van der Waals surface area contributed by atoms with E-state index in [1.54, 1.807) is 12.1 Å². The number of aromatic hydroxyl groups is 2. The number of hydrogen-bond donors (Lipinski definition) is 2. The van der Waals surface area contributed by atoms with Gasteiger partial charge in [0.05, 0.1) is 32.1 Å². The van der Waals surface area contributed by atoms with Crippen molar-refractivity contribution in [3.8, 4) is 28.7 Å². The number of aromatic nitrogens is 1. The van der Waals surface area contributed by atoms with E-state index in [4.69, 9.17) is 14.2 Å². The Balaban J connectivity index is 2.12. The van der Waals surface area contributed by atoms with Crippen molar-refractivity contribution in [2.75, 3.05) is 21.3 Å². The summed E-state index contributed by atoms with van der Waals surface area (Å²) < 4.78 is 17.7. The molecular weight excluding hydrogens is 334 g/mol. The molecule has 2 heterocycles. The zero-order chi connectivity index (χ0) is 18.4. The van der Waals surface area contributed by atoms with Crippen molar-refractivity contribution in [1.82, 2.24) is 0 Å². The Labute approximate surface area is 149 Å². The lowest BCUT2D eigenvalue weighted by molar-refractivity contribution is -0.509. The maximum atomic E-state index is 10.6. The number of methoxy groups -OCH3 is 3. The van der Waals surface area contributed by atoms with Gasteiger partial charge in [0.2, 0.25) is 11.3 Å². The van der Waals surface area contributed by atoms with Gasteiger partial charge in [-0.1, -0.05) is 0 Å². The van der Waals surface area contributed by atoms with Gasteiger partial charge in [0.15, 0.2) is 35.4 Å². The SMILES string of the molecule is COc1cc2cc[n+]3cc4c(O)c(OC)c(OC)cc4cc3c2cc1O. The van der Waals surface area contributed by atoms with E-state index in [1.165, 1.54) is 21.3 Å². The average Bonchev–Trinajstić information content (AvgIpc) is 2.66. The molecule has 0 aliphatic carbocycles. The van der Waals surface area contributed by atoms with Crippen LogP contribution in [0.4, 0.5) is 0 Å². The Hall–Kier alpha value is -3.41. The largest absolute Gasteiger partial charge is 0.504 e. The molecule has 4 rings (SSSR count). The first-order valence-electron chi connectivity index (χ1n) is 7.99. The Morgan fingerprint density at radius 3 is 2.23 bits per heavy atom. The fourth-order valence-corrected chi connectivity index (χ4v) is 3.30. The summed E-state index contributed by atoms with van der Waals surface area (Å²) in [6.07, 6.45) is 3.71. The molecule has 0 amide bonds. The minimum atomic E-state index is 0.0222. The van der Waals surface area contributed by atoms with Crippen molar-refractivity contribution in [3.63, 3.8) is 0 Å². The number of phenols is 2. The minimum absolute atomic E-state index is 0.0222. The molecule has 0 saturated carbocycles. The molecule has 6 nitrogen and oxygen atoms in total. The molecule has 0 atom stereocenters. The number of rotatable bonds is 3. The average molecular weight is 352 g/mol. The maximum Gasteiger partial charge on any atom is 0.219 e. The van der Waals surface area contributed by atoms with Crippen LogP contribution in [0, 0.1) is 0 Å². The molecule has 4 aromatic rings. The molecular formula is C20H18NO5+. The van der Waals surface area contributed by atoms with E-state index >= 15 is 0 Å². The summed E-state index contributed by atoms with van der Waals surface area (Å²) in [6.45, 7) is 0. The summed E-state index contributed by atoms with van der Waals surface area (Å²) in [5.74, 6) is 1.26. The minimum Gasteiger partial charge on any atom is -0.504 e. The summed E-state index contributed by atoms with van der Waals surface area (Å²) in [5, 5.41) is 24.0. The third-order valence-electron chi connectivity index (χ3n) is 4.60. The molecule has 0 bridgehead atoms. The van der Waals surface area contributed by atoms with E-state index in [0.29, 0.717) is 22.6 Å². The van der Waals surface area contributed by atoms with E-state index in [1.807, 2.05) is 35.0 Å². The van der Waals surface area contributed by atoms with Crippen LogP contribution in [0.5, 0.6) is 28.7 Å². The van der Waals surface area contributed by atoms with Gasteiger partial charge in [0.1, 0.15) is 0 Å². The highest BCUT2D eigenvalue weighted by Gasteiger charge is 2.19. The quantitative estimate of drug-likeness (QED) is 0.337. The third-order valence-corrected chi connectivity index (χ3v) is 4.60. The van der Waals surface area contributed by atoms with Crippen molar-refractivity contribution < 1.29 is 28.8 Å². The van der Waals surface area contributed by atoms with Gasteiger partial charge in [-0.05, 0) is 23.6 Å². The zero-order valence-corrected chi connectivity index (χ0v) is 14.6. The lowest BCUT2D eigenvalue weighted by Crippen LogP contribution is -2.20. The maximum absolute atomic E-state index is 10.6. The molecule has 2 aromatic heterocycles. The molecule has 0 aliphatic heterocycles. The molecule has 132 valence electrons. The van der Waals surface area contributed by atoms with Crippen LogP contribution < -0.4 is 18.6 Å². The smallest absolute Gasteiger partial charge is 0.219 e. The second-order valence-corrected chi connectivity index (χ2v) is 5.96. The highest BCUT2D eigenvalue weighted by atomic mass is 16.5. The summed E-state index contributed by atoms with van der Waals surface area (Å²) in [7, 11) is 4.53. The zero-order valence-electron chi connectivity index (χ0n) is 14.6. The molecule has 0 saturated heterocycles. The molecule has 2 aromatic carbocycles. The Bertz CT molecular complexity index is 1170. The van der Waals surface area contributed by atoms with Gasteiger partial charge in [-0.15, -0.1) is 0 Å². The first-order valence-corrected chi connectivity index (χ1v) is 7.99. The Kier molecular flexibility index (Phi) is 3.61. The summed E-state index contributed by atoms with van der Waals surface area (Å²) in [6, 6.07) is 9.15. The lowest BCUT2D eigenvalue weighted by atomic mass is 10.1. The number of benzene rings is 2. The van der Waals surface area contributed by atoms with Crippen LogP contribution in [-0.2, 0) is 0 Å². The van der Waals surface area contributed by atoms with Crippen molar-refractivity contribution >= 4 is 27.1 Å². The molecule has 0 aliphatic rings. The topological polar surface area (TPSA) is 72.3 Å². The van der Waals surface area contributed by atoms with Crippen LogP contribution in [0.1, 0.15) is 0 Å². The molecule has 2 N–H and O–H groups in total. The van der Waals surface area contributed by atoms with Crippen molar-refractivity contribution in [1.29, 1.82) is 0 Å². The first-order chi connectivity index (χ1) is 12.6.